The van der Waals surface area contributed by atoms with Gasteiger partial charge in [0.25, 0.3) is 0 Å². The number of ether oxygens (including phenoxy) is 1. The van der Waals surface area contributed by atoms with Gasteiger partial charge in [-0.05, 0) is 49.9 Å². The molecule has 1 aliphatic heterocycles. The molecule has 6 heteroatoms. The molecule has 1 aliphatic carbocycles. The molecule has 0 saturated carbocycles. The van der Waals surface area contributed by atoms with Crippen molar-refractivity contribution < 1.29 is 4.74 Å². The Morgan fingerprint density at radius 2 is 1.93 bits per heavy atom. The summed E-state index contributed by atoms with van der Waals surface area (Å²) in [6.45, 7) is 2.78. The zero-order valence-electron chi connectivity index (χ0n) is 16.0. The van der Waals surface area contributed by atoms with Gasteiger partial charge in [-0.15, -0.1) is 0 Å². The predicted molar refractivity (Wildman–Crippen MR) is 105 cm³/mol. The van der Waals surface area contributed by atoms with Crippen LogP contribution < -0.4 is 15.4 Å². The molecular formula is C22H23N5O. The highest BCUT2D eigenvalue weighted by atomic mass is 16.5. The third-order valence-electron chi connectivity index (χ3n) is 5.41. The zero-order chi connectivity index (χ0) is 20.1. The van der Waals surface area contributed by atoms with Gasteiger partial charge >= 0.3 is 0 Å². The third kappa shape index (κ3) is 3.06. The maximum atomic E-state index is 9.82. The second-order valence-electron chi connectivity index (χ2n) is 7.05. The first-order valence-electron chi connectivity index (χ1n) is 9.58. The molecule has 3 rings (SSSR count). The Bertz CT molecular complexity index is 910. The van der Waals surface area contributed by atoms with Crippen molar-refractivity contribution in [3.8, 4) is 24.0 Å². The molecule has 0 aromatic heterocycles. The average molecular weight is 373 g/mol. The van der Waals surface area contributed by atoms with Crippen molar-refractivity contribution in [1.82, 2.24) is 0 Å². The van der Waals surface area contributed by atoms with Crippen LogP contribution in [0.4, 0.5) is 5.69 Å². The van der Waals surface area contributed by atoms with Crippen LogP contribution >= 0.6 is 0 Å². The lowest BCUT2D eigenvalue weighted by molar-refractivity contribution is 0.309. The minimum absolute atomic E-state index is 0.0322. The van der Waals surface area contributed by atoms with Crippen LogP contribution in [0.3, 0.4) is 0 Å². The maximum absolute atomic E-state index is 9.82. The molecule has 0 fully saturated rings. The van der Waals surface area contributed by atoms with E-state index in [4.69, 9.17) is 10.5 Å². The summed E-state index contributed by atoms with van der Waals surface area (Å²) in [5.74, 6) is 0.545. The van der Waals surface area contributed by atoms with Crippen LogP contribution in [0.2, 0.25) is 0 Å². The van der Waals surface area contributed by atoms with Gasteiger partial charge in [-0.2, -0.15) is 15.8 Å². The van der Waals surface area contributed by atoms with Crippen LogP contribution in [0.15, 0.2) is 47.4 Å². The van der Waals surface area contributed by atoms with E-state index in [1.165, 1.54) is 0 Å². The van der Waals surface area contributed by atoms with Gasteiger partial charge in [0, 0.05) is 17.3 Å². The number of benzene rings is 1. The Labute approximate surface area is 165 Å². The first kappa shape index (κ1) is 19.3. The van der Waals surface area contributed by atoms with Crippen molar-refractivity contribution in [1.29, 1.82) is 15.8 Å². The van der Waals surface area contributed by atoms with Gasteiger partial charge in [0.05, 0.1) is 18.7 Å². The lowest BCUT2D eigenvalue weighted by Crippen LogP contribution is -2.47. The van der Waals surface area contributed by atoms with E-state index in [0.29, 0.717) is 13.0 Å². The molecule has 0 bridgehead atoms. The second-order valence-corrected chi connectivity index (χ2v) is 7.05. The Kier molecular flexibility index (Phi) is 5.57. The minimum Gasteiger partial charge on any atom is -0.494 e. The van der Waals surface area contributed by atoms with Crippen LogP contribution in [0.1, 0.15) is 39.0 Å². The normalized spacial score (nSPS) is 20.3. The standard InChI is InChI=1S/C22H23N5O/c1-2-3-12-28-17-10-8-16(9-11-17)27-20-7-5-4-6-18(20)22(14-24,15-25)19(13-23)21(27)26/h7-11,18H,2-6,12,26H2,1H3/t18-/m1/s1. The second kappa shape index (κ2) is 8.07. The topological polar surface area (TPSA) is 110 Å². The fourth-order valence-corrected chi connectivity index (χ4v) is 3.93. The Morgan fingerprint density at radius 3 is 2.54 bits per heavy atom. The van der Waals surface area contributed by atoms with Crippen molar-refractivity contribution >= 4 is 5.69 Å². The van der Waals surface area contributed by atoms with E-state index in [9.17, 15) is 15.8 Å². The molecule has 1 heterocycles. The molecule has 6 nitrogen and oxygen atoms in total. The third-order valence-corrected chi connectivity index (χ3v) is 5.41. The van der Waals surface area contributed by atoms with Gasteiger partial charge < -0.3 is 10.5 Å². The summed E-state index contributed by atoms with van der Waals surface area (Å²) < 4.78 is 5.72. The molecule has 2 aliphatic rings. The van der Waals surface area contributed by atoms with Crippen LogP contribution in [-0.2, 0) is 0 Å². The summed E-state index contributed by atoms with van der Waals surface area (Å²) in [6.07, 6.45) is 6.48. The molecule has 142 valence electrons. The molecule has 2 N–H and O–H groups in total. The summed E-state index contributed by atoms with van der Waals surface area (Å²) >= 11 is 0. The molecule has 1 atom stereocenters. The quantitative estimate of drug-likeness (QED) is 0.778. The van der Waals surface area contributed by atoms with Gasteiger partial charge in [-0.25, -0.2) is 0 Å². The highest BCUT2D eigenvalue weighted by Crippen LogP contribution is 2.51. The zero-order valence-corrected chi connectivity index (χ0v) is 16.0. The lowest BCUT2D eigenvalue weighted by Gasteiger charge is -2.44. The first-order valence-corrected chi connectivity index (χ1v) is 9.58. The largest absolute Gasteiger partial charge is 0.494 e. The number of nitriles is 3. The van der Waals surface area contributed by atoms with E-state index in [1.54, 1.807) is 0 Å². The first-order chi connectivity index (χ1) is 13.6. The number of unbranched alkanes of at least 4 members (excludes halogenated alkanes) is 1. The highest BCUT2D eigenvalue weighted by Gasteiger charge is 2.52. The van der Waals surface area contributed by atoms with Gasteiger partial charge in [0.15, 0.2) is 5.41 Å². The molecule has 1 aromatic rings. The summed E-state index contributed by atoms with van der Waals surface area (Å²) in [4.78, 5) is 1.81. The van der Waals surface area contributed by atoms with Gasteiger partial charge in [-0.1, -0.05) is 19.4 Å². The SMILES string of the molecule is CCCCOc1ccc(N2C3=CCCC[C@H]3C(C#N)(C#N)C(C#N)=C2N)cc1. The number of hydrogen-bond donors (Lipinski definition) is 1. The Morgan fingerprint density at radius 1 is 1.21 bits per heavy atom. The van der Waals surface area contributed by atoms with E-state index >= 15 is 0 Å². The molecule has 0 amide bonds. The average Bonchev–Trinajstić information content (AvgIpc) is 2.74. The predicted octanol–water partition coefficient (Wildman–Crippen LogP) is 4.10. The molecule has 0 saturated heterocycles. The molecular weight excluding hydrogens is 350 g/mol. The van der Waals surface area contributed by atoms with E-state index in [0.717, 1.165) is 42.8 Å². The van der Waals surface area contributed by atoms with Crippen LogP contribution in [0, 0.1) is 45.3 Å². The number of allylic oxidation sites excluding steroid dienone is 3. The molecule has 0 unspecified atom stereocenters. The summed E-state index contributed by atoms with van der Waals surface area (Å²) in [7, 11) is 0. The molecule has 0 spiro atoms. The van der Waals surface area contributed by atoms with Gasteiger partial charge in [0.2, 0.25) is 0 Å². The summed E-state index contributed by atoms with van der Waals surface area (Å²) in [5.41, 5.74) is 6.45. The summed E-state index contributed by atoms with van der Waals surface area (Å²) in [6, 6.07) is 13.8. The number of nitrogens with zero attached hydrogens (tertiary/aromatic N) is 4. The number of nitrogens with two attached hydrogens (primary N) is 1. The fourth-order valence-electron chi connectivity index (χ4n) is 3.93. The molecule has 1 aromatic carbocycles. The highest BCUT2D eigenvalue weighted by molar-refractivity contribution is 5.67. The number of anilines is 1. The maximum Gasteiger partial charge on any atom is 0.190 e. The smallest absolute Gasteiger partial charge is 0.190 e. The Hall–Kier alpha value is -3.43. The lowest BCUT2D eigenvalue weighted by atomic mass is 9.65. The van der Waals surface area contributed by atoms with Crippen LogP contribution in [0.5, 0.6) is 5.75 Å². The summed E-state index contributed by atoms with van der Waals surface area (Å²) in [5, 5.41) is 29.4. The van der Waals surface area contributed by atoms with E-state index in [2.05, 4.69) is 19.1 Å². The van der Waals surface area contributed by atoms with Gasteiger partial charge in [-0.3, -0.25) is 4.90 Å². The van der Waals surface area contributed by atoms with Crippen LogP contribution in [0.25, 0.3) is 0 Å². The molecule has 0 radical (unpaired) electrons. The van der Waals surface area contributed by atoms with Crippen LogP contribution in [-0.4, -0.2) is 6.61 Å². The van der Waals surface area contributed by atoms with E-state index in [-0.39, 0.29) is 17.3 Å². The van der Waals surface area contributed by atoms with Crippen molar-refractivity contribution in [2.45, 2.75) is 39.0 Å². The minimum atomic E-state index is -1.54. The number of fused-ring (bicyclic) bond motifs is 1. The van der Waals surface area contributed by atoms with Crippen molar-refractivity contribution in [3.05, 3.63) is 47.4 Å². The van der Waals surface area contributed by atoms with Crippen molar-refractivity contribution in [2.24, 2.45) is 17.1 Å². The monoisotopic (exact) mass is 373 g/mol. The Balaban J connectivity index is 2.06. The number of hydrogen-bond acceptors (Lipinski definition) is 6. The van der Waals surface area contributed by atoms with E-state index in [1.807, 2.05) is 41.3 Å². The number of rotatable bonds is 5. The van der Waals surface area contributed by atoms with Crippen molar-refractivity contribution in [2.75, 3.05) is 11.5 Å². The fraction of sp³-hybridized carbons (Fsp3) is 0.409. The van der Waals surface area contributed by atoms with Gasteiger partial charge in [0.1, 0.15) is 23.2 Å². The molecule has 28 heavy (non-hydrogen) atoms. The van der Waals surface area contributed by atoms with Crippen molar-refractivity contribution in [3.63, 3.8) is 0 Å². The van der Waals surface area contributed by atoms with E-state index < -0.39 is 5.41 Å².